The van der Waals surface area contributed by atoms with Crippen LogP contribution in [0, 0.1) is 21.4 Å². The Morgan fingerprint density at radius 1 is 1.21 bits per heavy atom. The summed E-state index contributed by atoms with van der Waals surface area (Å²) in [5.41, 5.74) is 0.418. The average molecular weight is 409 g/mol. The lowest BCUT2D eigenvalue weighted by molar-refractivity contribution is -0.384. The van der Waals surface area contributed by atoms with Crippen molar-refractivity contribution in [2.45, 2.75) is 6.54 Å². The van der Waals surface area contributed by atoms with Gasteiger partial charge in [-0.05, 0) is 23.8 Å². The molecule has 3 rings (SSSR count). The summed E-state index contributed by atoms with van der Waals surface area (Å²) in [7, 11) is 0. The molecule has 0 bridgehead atoms. The van der Waals surface area contributed by atoms with Gasteiger partial charge in [-0.2, -0.15) is 5.26 Å². The maximum absolute atomic E-state index is 12.6. The lowest BCUT2D eigenvalue weighted by Gasteiger charge is -2.11. The third kappa shape index (κ3) is 4.48. The van der Waals surface area contributed by atoms with Gasteiger partial charge in [-0.25, -0.2) is 0 Å². The number of carbonyl (C=O) groups is 1. The van der Waals surface area contributed by atoms with E-state index in [9.17, 15) is 25.0 Å². The standard InChI is InChI=1S/C20H13ClN4O4/c21-17-4-2-1-3-13(17)11-24-12-14(5-8-19(24)26)20(27)23-18-7-6-16(25(28)29)9-15(18)10-22/h1-9,12H,11H2,(H,23,27). The maximum atomic E-state index is 12.6. The van der Waals surface area contributed by atoms with E-state index < -0.39 is 10.8 Å². The molecule has 0 saturated heterocycles. The minimum atomic E-state index is -0.628. The molecule has 144 valence electrons. The summed E-state index contributed by atoms with van der Waals surface area (Å²) in [6.07, 6.45) is 1.39. The Morgan fingerprint density at radius 2 is 1.97 bits per heavy atom. The summed E-state index contributed by atoms with van der Waals surface area (Å²) in [5, 5.41) is 23.1. The first kappa shape index (κ1) is 19.8. The minimum absolute atomic E-state index is 0.0445. The molecule has 2 aromatic carbocycles. The fraction of sp³-hybridized carbons (Fsp3) is 0.0500. The van der Waals surface area contributed by atoms with Gasteiger partial charge >= 0.3 is 0 Å². The van der Waals surface area contributed by atoms with Crippen molar-refractivity contribution in [1.29, 1.82) is 5.26 Å². The number of anilines is 1. The molecule has 3 aromatic rings. The smallest absolute Gasteiger partial charge is 0.270 e. The number of amides is 1. The molecule has 0 aliphatic heterocycles. The highest BCUT2D eigenvalue weighted by Gasteiger charge is 2.14. The summed E-state index contributed by atoms with van der Waals surface area (Å²) in [5.74, 6) is -0.566. The van der Waals surface area contributed by atoms with Crippen molar-refractivity contribution in [2.75, 3.05) is 5.32 Å². The first-order valence-electron chi connectivity index (χ1n) is 8.33. The number of hydrogen-bond donors (Lipinski definition) is 1. The molecule has 0 unspecified atom stereocenters. The Balaban J connectivity index is 1.87. The summed E-state index contributed by atoms with van der Waals surface area (Å²) in [4.78, 5) is 34.9. The van der Waals surface area contributed by atoms with Crippen LogP contribution in [-0.2, 0) is 6.54 Å². The third-order valence-corrected chi connectivity index (χ3v) is 4.50. The molecule has 0 atom stereocenters. The summed E-state index contributed by atoms with van der Waals surface area (Å²) >= 11 is 6.13. The summed E-state index contributed by atoms with van der Waals surface area (Å²) in [6, 6.07) is 15.0. The molecule has 0 aliphatic rings. The van der Waals surface area contributed by atoms with Crippen molar-refractivity contribution in [3.05, 3.63) is 103 Å². The summed E-state index contributed by atoms with van der Waals surface area (Å²) in [6.45, 7) is 0.181. The van der Waals surface area contributed by atoms with Crippen LogP contribution in [0.1, 0.15) is 21.5 Å². The zero-order valence-corrected chi connectivity index (χ0v) is 15.6. The van der Waals surface area contributed by atoms with Crippen LogP contribution in [0.4, 0.5) is 11.4 Å². The topological polar surface area (TPSA) is 118 Å². The monoisotopic (exact) mass is 408 g/mol. The van der Waals surface area contributed by atoms with Crippen LogP contribution < -0.4 is 10.9 Å². The zero-order valence-electron chi connectivity index (χ0n) is 14.8. The third-order valence-electron chi connectivity index (χ3n) is 4.13. The highest BCUT2D eigenvalue weighted by Crippen LogP contribution is 2.22. The Kier molecular flexibility index (Phi) is 5.71. The largest absolute Gasteiger partial charge is 0.321 e. The molecule has 9 heteroatoms. The van der Waals surface area contributed by atoms with Gasteiger partial charge in [-0.15, -0.1) is 0 Å². The van der Waals surface area contributed by atoms with Gasteiger partial charge in [0.05, 0.1) is 28.3 Å². The number of carbonyl (C=O) groups excluding carboxylic acids is 1. The number of aromatic nitrogens is 1. The minimum Gasteiger partial charge on any atom is -0.321 e. The summed E-state index contributed by atoms with van der Waals surface area (Å²) < 4.78 is 1.34. The van der Waals surface area contributed by atoms with E-state index in [0.717, 1.165) is 11.6 Å². The number of halogens is 1. The van der Waals surface area contributed by atoms with Crippen LogP contribution in [0.5, 0.6) is 0 Å². The first-order valence-corrected chi connectivity index (χ1v) is 8.70. The van der Waals surface area contributed by atoms with E-state index in [0.29, 0.717) is 5.02 Å². The Hall–Kier alpha value is -3.96. The van der Waals surface area contributed by atoms with E-state index >= 15 is 0 Å². The van der Waals surface area contributed by atoms with E-state index in [1.807, 2.05) is 6.07 Å². The van der Waals surface area contributed by atoms with Gasteiger partial charge in [0, 0.05) is 29.4 Å². The van der Waals surface area contributed by atoms with Crippen LogP contribution in [0.15, 0.2) is 65.6 Å². The fourth-order valence-corrected chi connectivity index (χ4v) is 2.84. The van der Waals surface area contributed by atoms with Gasteiger partial charge in [0.2, 0.25) is 0 Å². The van der Waals surface area contributed by atoms with Gasteiger partial charge in [0.1, 0.15) is 6.07 Å². The van der Waals surface area contributed by atoms with Crippen molar-refractivity contribution in [1.82, 2.24) is 4.57 Å². The van der Waals surface area contributed by atoms with Gasteiger partial charge in [-0.3, -0.25) is 19.7 Å². The van der Waals surface area contributed by atoms with Gasteiger partial charge in [0.15, 0.2) is 0 Å². The second kappa shape index (κ2) is 8.37. The predicted octanol–water partition coefficient (Wildman–Crippen LogP) is 3.58. The lowest BCUT2D eigenvalue weighted by atomic mass is 10.1. The number of nitro benzene ring substituents is 1. The number of rotatable bonds is 5. The van der Waals surface area contributed by atoms with E-state index in [4.69, 9.17) is 11.6 Å². The van der Waals surface area contributed by atoms with E-state index in [-0.39, 0.29) is 34.6 Å². The van der Waals surface area contributed by atoms with Gasteiger partial charge in [-0.1, -0.05) is 29.8 Å². The second-order valence-corrected chi connectivity index (χ2v) is 6.44. The van der Waals surface area contributed by atoms with Gasteiger partial charge in [0.25, 0.3) is 17.2 Å². The molecule has 1 amide bonds. The molecule has 8 nitrogen and oxygen atoms in total. The van der Waals surface area contributed by atoms with E-state index in [1.165, 1.54) is 35.0 Å². The number of non-ortho nitro benzene ring substituents is 1. The van der Waals surface area contributed by atoms with Crippen LogP contribution in [-0.4, -0.2) is 15.4 Å². The number of hydrogen-bond acceptors (Lipinski definition) is 5. The SMILES string of the molecule is N#Cc1cc([N+](=O)[O-])ccc1NC(=O)c1ccc(=O)n(Cc2ccccc2Cl)c1. The molecule has 1 N–H and O–H groups in total. The van der Waals surface area contributed by atoms with Crippen LogP contribution in [0.2, 0.25) is 5.02 Å². The fourth-order valence-electron chi connectivity index (χ4n) is 2.64. The predicted molar refractivity (Wildman–Crippen MR) is 107 cm³/mol. The highest BCUT2D eigenvalue weighted by molar-refractivity contribution is 6.31. The number of nitrogens with zero attached hydrogens (tertiary/aromatic N) is 3. The Bertz CT molecular complexity index is 1210. The van der Waals surface area contributed by atoms with Crippen molar-refractivity contribution in [3.63, 3.8) is 0 Å². The number of benzene rings is 2. The van der Waals surface area contributed by atoms with Crippen molar-refractivity contribution >= 4 is 28.9 Å². The number of nitriles is 1. The number of pyridine rings is 1. The average Bonchev–Trinajstić information content (AvgIpc) is 2.71. The van der Waals surface area contributed by atoms with Crippen LogP contribution in [0.3, 0.4) is 0 Å². The quantitative estimate of drug-likeness (QED) is 0.511. The molecule has 0 spiro atoms. The van der Waals surface area contributed by atoms with E-state index in [1.54, 1.807) is 24.3 Å². The zero-order chi connectivity index (χ0) is 21.0. The normalized spacial score (nSPS) is 10.2. The Labute approximate surface area is 169 Å². The Morgan fingerprint density at radius 3 is 2.66 bits per heavy atom. The molecule has 1 aromatic heterocycles. The van der Waals surface area contributed by atoms with Gasteiger partial charge < -0.3 is 9.88 Å². The first-order chi connectivity index (χ1) is 13.9. The maximum Gasteiger partial charge on any atom is 0.270 e. The molecular formula is C20H13ClN4O4. The highest BCUT2D eigenvalue weighted by atomic mass is 35.5. The van der Waals surface area contributed by atoms with Crippen molar-refractivity contribution in [2.24, 2.45) is 0 Å². The molecule has 0 saturated carbocycles. The molecule has 0 aliphatic carbocycles. The second-order valence-electron chi connectivity index (χ2n) is 6.03. The molecule has 29 heavy (non-hydrogen) atoms. The number of nitrogens with one attached hydrogen (secondary N) is 1. The molecule has 0 fully saturated rings. The van der Waals surface area contributed by atoms with E-state index in [2.05, 4.69) is 5.32 Å². The molecular weight excluding hydrogens is 396 g/mol. The molecule has 0 radical (unpaired) electrons. The molecule has 1 heterocycles. The lowest BCUT2D eigenvalue weighted by Crippen LogP contribution is -2.22. The van der Waals surface area contributed by atoms with Crippen molar-refractivity contribution < 1.29 is 9.72 Å². The number of nitro groups is 1. The van der Waals surface area contributed by atoms with Crippen LogP contribution >= 0.6 is 11.6 Å². The van der Waals surface area contributed by atoms with Crippen molar-refractivity contribution in [3.8, 4) is 6.07 Å². The van der Waals surface area contributed by atoms with Crippen LogP contribution in [0.25, 0.3) is 0 Å².